The molecule has 1 amide bonds. The molecule has 21 heavy (non-hydrogen) atoms. The molecule has 1 aliphatic heterocycles. The summed E-state index contributed by atoms with van der Waals surface area (Å²) in [5, 5.41) is 2.73. The summed E-state index contributed by atoms with van der Waals surface area (Å²) in [5.74, 6) is 0. The lowest BCUT2D eigenvalue weighted by Gasteiger charge is -2.30. The van der Waals surface area contributed by atoms with E-state index in [1.807, 2.05) is 12.1 Å². The number of carbonyl (C=O) groups is 1. The molecule has 1 N–H and O–H groups in total. The number of rotatable bonds is 3. The second-order valence-electron chi connectivity index (χ2n) is 5.12. The van der Waals surface area contributed by atoms with Crippen molar-refractivity contribution in [1.29, 1.82) is 0 Å². The number of carbonyl (C=O) groups excluding carboxylic acids is 1. The van der Waals surface area contributed by atoms with Gasteiger partial charge in [-0.15, -0.1) is 0 Å². The molecule has 112 valence electrons. The summed E-state index contributed by atoms with van der Waals surface area (Å²) in [6.45, 7) is 2.85. The third-order valence-corrected chi connectivity index (χ3v) is 3.96. The van der Waals surface area contributed by atoms with Crippen molar-refractivity contribution in [2.75, 3.05) is 36.5 Å². The van der Waals surface area contributed by atoms with Crippen molar-refractivity contribution in [2.45, 2.75) is 0 Å². The van der Waals surface area contributed by atoms with Crippen LogP contribution in [-0.4, -0.2) is 41.8 Å². The van der Waals surface area contributed by atoms with Gasteiger partial charge in [-0.3, -0.25) is 13.9 Å². The number of anilines is 2. The summed E-state index contributed by atoms with van der Waals surface area (Å²) >= 11 is 0. The molecule has 2 aromatic rings. The van der Waals surface area contributed by atoms with Crippen LogP contribution in [0.5, 0.6) is 0 Å². The van der Waals surface area contributed by atoms with Gasteiger partial charge in [0.15, 0.2) is 0 Å². The minimum absolute atomic E-state index is 0.0822. The van der Waals surface area contributed by atoms with Crippen molar-refractivity contribution in [3.8, 4) is 0 Å². The van der Waals surface area contributed by atoms with Crippen LogP contribution in [0, 0.1) is 0 Å². The van der Waals surface area contributed by atoms with E-state index < -0.39 is 0 Å². The van der Waals surface area contributed by atoms with Crippen LogP contribution in [-0.2, 0) is 23.6 Å². The van der Waals surface area contributed by atoms with Crippen molar-refractivity contribution in [3.05, 3.63) is 22.6 Å². The van der Waals surface area contributed by atoms with E-state index in [2.05, 4.69) is 10.2 Å². The van der Waals surface area contributed by atoms with Crippen LogP contribution in [0.25, 0.3) is 11.0 Å². The van der Waals surface area contributed by atoms with E-state index in [9.17, 15) is 9.59 Å². The minimum Gasteiger partial charge on any atom is -0.378 e. The molecule has 0 atom stereocenters. The lowest BCUT2D eigenvalue weighted by molar-refractivity contribution is -0.105. The van der Waals surface area contributed by atoms with E-state index in [1.165, 1.54) is 0 Å². The molecule has 0 bridgehead atoms. The highest BCUT2D eigenvalue weighted by Gasteiger charge is 2.18. The molecule has 2 heterocycles. The lowest BCUT2D eigenvalue weighted by atomic mass is 10.2. The maximum Gasteiger partial charge on any atom is 0.328 e. The fourth-order valence-electron chi connectivity index (χ4n) is 2.78. The molecule has 0 aliphatic carbocycles. The van der Waals surface area contributed by atoms with Gasteiger partial charge in [-0.25, -0.2) is 4.79 Å². The smallest absolute Gasteiger partial charge is 0.328 e. The molecule has 7 nitrogen and oxygen atoms in total. The third-order valence-electron chi connectivity index (χ3n) is 3.96. The molecule has 7 heteroatoms. The predicted molar refractivity (Wildman–Crippen MR) is 80.9 cm³/mol. The predicted octanol–water partition coefficient (Wildman–Crippen LogP) is 0.282. The van der Waals surface area contributed by atoms with Gasteiger partial charge in [-0.05, 0) is 12.1 Å². The van der Waals surface area contributed by atoms with Crippen molar-refractivity contribution in [2.24, 2.45) is 14.1 Å². The number of hydrogen-bond acceptors (Lipinski definition) is 4. The molecule has 0 saturated carbocycles. The summed E-state index contributed by atoms with van der Waals surface area (Å²) in [5.41, 5.74) is 3.19. The molecular formula is C14H18N4O3. The zero-order valence-corrected chi connectivity index (χ0v) is 12.1. The molecule has 0 radical (unpaired) electrons. The van der Waals surface area contributed by atoms with E-state index in [4.69, 9.17) is 4.74 Å². The Hall–Kier alpha value is -2.28. The number of hydrogen-bond donors (Lipinski definition) is 1. The quantitative estimate of drug-likeness (QED) is 0.825. The number of amides is 1. The van der Waals surface area contributed by atoms with Crippen molar-refractivity contribution >= 4 is 28.8 Å². The summed E-state index contributed by atoms with van der Waals surface area (Å²) in [6, 6.07) is 3.80. The Labute approximate surface area is 121 Å². The first-order chi connectivity index (χ1) is 10.1. The summed E-state index contributed by atoms with van der Waals surface area (Å²) in [6.07, 6.45) is 0.659. The fourth-order valence-corrected chi connectivity index (χ4v) is 2.78. The van der Waals surface area contributed by atoms with Crippen LogP contribution in [0.3, 0.4) is 0 Å². The Kier molecular flexibility index (Phi) is 3.42. The fraction of sp³-hybridized carbons (Fsp3) is 0.429. The zero-order valence-electron chi connectivity index (χ0n) is 12.1. The highest BCUT2D eigenvalue weighted by Crippen LogP contribution is 2.31. The third kappa shape index (κ3) is 2.19. The number of imidazole rings is 1. The van der Waals surface area contributed by atoms with E-state index in [1.54, 1.807) is 23.2 Å². The van der Waals surface area contributed by atoms with Gasteiger partial charge in [0.2, 0.25) is 6.41 Å². The highest BCUT2D eigenvalue weighted by molar-refractivity contribution is 5.92. The molecule has 1 saturated heterocycles. The van der Waals surface area contributed by atoms with Gasteiger partial charge in [0.25, 0.3) is 0 Å². The summed E-state index contributed by atoms with van der Waals surface area (Å²) in [7, 11) is 3.48. The Balaban J connectivity index is 2.20. The number of aryl methyl sites for hydroxylation is 2. The monoisotopic (exact) mass is 290 g/mol. The van der Waals surface area contributed by atoms with E-state index in [0.717, 1.165) is 29.8 Å². The molecule has 1 aliphatic rings. The van der Waals surface area contributed by atoms with E-state index in [0.29, 0.717) is 25.3 Å². The number of nitrogens with one attached hydrogen (secondary N) is 1. The number of fused-ring (bicyclic) bond motifs is 1. The summed E-state index contributed by atoms with van der Waals surface area (Å²) < 4.78 is 8.56. The van der Waals surface area contributed by atoms with Gasteiger partial charge in [-0.2, -0.15) is 0 Å². The Morgan fingerprint density at radius 3 is 2.38 bits per heavy atom. The van der Waals surface area contributed by atoms with E-state index in [-0.39, 0.29) is 5.69 Å². The average Bonchev–Trinajstić information content (AvgIpc) is 2.72. The number of benzene rings is 1. The first kappa shape index (κ1) is 13.7. The molecule has 0 unspecified atom stereocenters. The Bertz CT molecular complexity index is 741. The van der Waals surface area contributed by atoms with Crippen LogP contribution in [0.15, 0.2) is 16.9 Å². The lowest BCUT2D eigenvalue weighted by Crippen LogP contribution is -2.36. The molecule has 3 rings (SSSR count). The van der Waals surface area contributed by atoms with Crippen molar-refractivity contribution < 1.29 is 9.53 Å². The number of aromatic nitrogens is 2. The van der Waals surface area contributed by atoms with Gasteiger partial charge in [-0.1, -0.05) is 0 Å². The number of ether oxygens (including phenoxy) is 1. The topological polar surface area (TPSA) is 68.5 Å². The number of morpholine rings is 1. The normalized spacial score (nSPS) is 15.4. The van der Waals surface area contributed by atoms with Gasteiger partial charge in [0.05, 0.1) is 35.6 Å². The van der Waals surface area contributed by atoms with Crippen LogP contribution >= 0.6 is 0 Å². The molecule has 1 aromatic heterocycles. The van der Waals surface area contributed by atoms with Gasteiger partial charge < -0.3 is 15.0 Å². The Morgan fingerprint density at radius 2 is 1.76 bits per heavy atom. The maximum atomic E-state index is 12.0. The average molecular weight is 290 g/mol. The molecule has 1 fully saturated rings. The SMILES string of the molecule is Cn1c(=O)n(C)c2cc(N3CCOCC3)c(NC=O)cc21. The van der Waals surface area contributed by atoms with Crippen LogP contribution < -0.4 is 15.9 Å². The number of nitrogens with zero attached hydrogens (tertiary/aromatic N) is 3. The molecule has 0 spiro atoms. The van der Waals surface area contributed by atoms with Crippen LogP contribution in [0.2, 0.25) is 0 Å². The molecule has 1 aromatic carbocycles. The second-order valence-corrected chi connectivity index (χ2v) is 5.12. The largest absolute Gasteiger partial charge is 0.378 e. The Morgan fingerprint density at radius 1 is 1.14 bits per heavy atom. The van der Waals surface area contributed by atoms with E-state index >= 15 is 0 Å². The first-order valence-corrected chi connectivity index (χ1v) is 6.86. The maximum absolute atomic E-state index is 12.0. The standard InChI is InChI=1S/C14H18N4O3/c1-16-12-7-10(15-9-19)11(18-3-5-21-6-4-18)8-13(12)17(2)14(16)20/h7-9H,3-6H2,1-2H3,(H,15,19). The highest BCUT2D eigenvalue weighted by atomic mass is 16.5. The van der Waals surface area contributed by atoms with Crippen molar-refractivity contribution in [1.82, 2.24) is 9.13 Å². The van der Waals surface area contributed by atoms with Crippen LogP contribution in [0.4, 0.5) is 11.4 Å². The van der Waals surface area contributed by atoms with Gasteiger partial charge in [0, 0.05) is 27.2 Å². The van der Waals surface area contributed by atoms with Crippen molar-refractivity contribution in [3.63, 3.8) is 0 Å². The van der Waals surface area contributed by atoms with Gasteiger partial charge in [0.1, 0.15) is 0 Å². The minimum atomic E-state index is -0.0822. The first-order valence-electron chi connectivity index (χ1n) is 6.86. The summed E-state index contributed by atoms with van der Waals surface area (Å²) in [4.78, 5) is 25.1. The van der Waals surface area contributed by atoms with Crippen LogP contribution in [0.1, 0.15) is 0 Å². The second kappa shape index (κ2) is 5.25. The van der Waals surface area contributed by atoms with Gasteiger partial charge >= 0.3 is 5.69 Å². The molecular weight excluding hydrogens is 272 g/mol. The zero-order chi connectivity index (χ0) is 15.0.